The van der Waals surface area contributed by atoms with Gasteiger partial charge in [0, 0.05) is 43.4 Å². The smallest absolute Gasteiger partial charge is 0.429 e. The number of alkyl halides is 3. The molecule has 0 bridgehead atoms. The lowest BCUT2D eigenvalue weighted by Crippen LogP contribution is -2.41. The lowest BCUT2D eigenvalue weighted by atomic mass is 9.76. The van der Waals surface area contributed by atoms with E-state index in [1.54, 1.807) is 18.2 Å². The molecule has 3 aliphatic rings. The maximum Gasteiger partial charge on any atom is 0.429 e. The molecule has 2 fully saturated rings. The van der Waals surface area contributed by atoms with Crippen molar-refractivity contribution in [2.75, 3.05) is 35.6 Å². The van der Waals surface area contributed by atoms with E-state index in [0.717, 1.165) is 22.4 Å². The average Bonchev–Trinajstić information content (AvgIpc) is 3.39. The molecule has 0 radical (unpaired) electrons. The Morgan fingerprint density at radius 2 is 1.79 bits per heavy atom. The van der Waals surface area contributed by atoms with Crippen LogP contribution in [0, 0.1) is 5.41 Å². The van der Waals surface area contributed by atoms with Gasteiger partial charge in [-0.1, -0.05) is 30.3 Å². The van der Waals surface area contributed by atoms with E-state index in [9.17, 15) is 27.9 Å². The molecule has 6 rings (SSSR count). The molecule has 10 nitrogen and oxygen atoms in total. The molecule has 1 unspecified atom stereocenters. The molecular weight excluding hydrogens is 565 g/mol. The predicted octanol–water partition coefficient (Wildman–Crippen LogP) is 4.33. The Morgan fingerprint density at radius 1 is 1.07 bits per heavy atom. The lowest BCUT2D eigenvalue weighted by molar-refractivity contribution is -0.198. The van der Waals surface area contributed by atoms with Gasteiger partial charge in [-0.3, -0.25) is 9.59 Å². The van der Waals surface area contributed by atoms with Gasteiger partial charge in [-0.05, 0) is 59.9 Å². The standard InChI is InChI=1S/C30H31F3N6O4/c31-30(32,33)26(18-3-1-17(2-4-18)19-5-7-21-20(13-19)6-8-24(40)36-21)43-25-14-23(37-28(34)38-25)39-11-9-29(10-12-39)15-22(27(41)42)35-16-29/h1-5,7,13-14,22,26,35H,6,8-12,15-16H2,(H,36,40)(H,41,42)(H2,34,37,38)/t22?,26-/m1/s1. The summed E-state index contributed by atoms with van der Waals surface area (Å²) in [6, 6.07) is 12.3. The first-order valence-corrected chi connectivity index (χ1v) is 14.1. The SMILES string of the molecule is Nc1nc(O[C@H](c2ccc(-c3ccc4c(c3)CCC(=O)N4)cc2)C(F)(F)F)cc(N2CCC3(CC2)CNC(C(=O)O)C3)n1. The number of nitrogens with one attached hydrogen (secondary N) is 2. The van der Waals surface area contributed by atoms with Gasteiger partial charge >= 0.3 is 12.1 Å². The van der Waals surface area contributed by atoms with Gasteiger partial charge in [0.2, 0.25) is 23.8 Å². The third-order valence-electron chi connectivity index (χ3n) is 8.60. The second-order valence-electron chi connectivity index (χ2n) is 11.5. The predicted molar refractivity (Wildman–Crippen MR) is 153 cm³/mol. The van der Waals surface area contributed by atoms with Crippen molar-refractivity contribution < 1.29 is 32.6 Å². The highest BCUT2D eigenvalue weighted by Gasteiger charge is 2.45. The number of carboxylic acid groups (broad SMARTS) is 1. The number of nitrogen functional groups attached to an aromatic ring is 1. The van der Waals surface area contributed by atoms with Crippen molar-refractivity contribution in [3.05, 3.63) is 59.7 Å². The first kappa shape index (κ1) is 28.7. The van der Waals surface area contributed by atoms with E-state index in [1.807, 2.05) is 17.0 Å². The Morgan fingerprint density at radius 3 is 2.47 bits per heavy atom. The van der Waals surface area contributed by atoms with Crippen LogP contribution in [0.5, 0.6) is 5.88 Å². The van der Waals surface area contributed by atoms with Gasteiger partial charge in [0.1, 0.15) is 11.9 Å². The number of rotatable bonds is 6. The van der Waals surface area contributed by atoms with E-state index < -0.39 is 24.3 Å². The lowest BCUT2D eigenvalue weighted by Gasteiger charge is -2.39. The van der Waals surface area contributed by atoms with Crippen LogP contribution < -0.4 is 26.0 Å². The number of aryl methyl sites for hydroxylation is 1. The number of nitrogens with zero attached hydrogens (tertiary/aromatic N) is 3. The molecule has 0 saturated carbocycles. The zero-order valence-corrected chi connectivity index (χ0v) is 23.2. The van der Waals surface area contributed by atoms with Gasteiger partial charge in [0.05, 0.1) is 0 Å². The topological polar surface area (TPSA) is 143 Å². The van der Waals surface area contributed by atoms with Crippen molar-refractivity contribution in [3.8, 4) is 17.0 Å². The zero-order valence-electron chi connectivity index (χ0n) is 23.2. The number of piperidine rings is 1. The number of carbonyl (C=O) groups excluding carboxylic acids is 1. The molecule has 4 heterocycles. The third kappa shape index (κ3) is 6.07. The molecule has 226 valence electrons. The number of amides is 1. The molecule has 1 spiro atoms. The third-order valence-corrected chi connectivity index (χ3v) is 8.60. The Kier molecular flexibility index (Phi) is 7.36. The van der Waals surface area contributed by atoms with Crippen LogP contribution in [-0.4, -0.2) is 58.8 Å². The van der Waals surface area contributed by atoms with Crippen LogP contribution in [0.3, 0.4) is 0 Å². The number of hydrogen-bond donors (Lipinski definition) is 4. The Balaban J connectivity index is 1.18. The number of nitrogens with two attached hydrogens (primary N) is 1. The summed E-state index contributed by atoms with van der Waals surface area (Å²) in [6.07, 6.45) is -4.09. The Labute approximate surface area is 245 Å². The molecule has 0 aliphatic carbocycles. The van der Waals surface area contributed by atoms with Crippen molar-refractivity contribution in [1.29, 1.82) is 0 Å². The van der Waals surface area contributed by atoms with Gasteiger partial charge in [0.15, 0.2) is 0 Å². The number of carboxylic acids is 1. The Bertz CT molecular complexity index is 1540. The number of hydrogen-bond acceptors (Lipinski definition) is 8. The van der Waals surface area contributed by atoms with Crippen LogP contribution in [0.4, 0.5) is 30.6 Å². The summed E-state index contributed by atoms with van der Waals surface area (Å²) in [4.78, 5) is 33.1. The first-order chi connectivity index (χ1) is 20.5. The second kappa shape index (κ2) is 11.0. The molecule has 2 saturated heterocycles. The van der Waals surface area contributed by atoms with Gasteiger partial charge in [-0.15, -0.1) is 0 Å². The van der Waals surface area contributed by atoms with Crippen LogP contribution in [-0.2, 0) is 16.0 Å². The summed E-state index contributed by atoms with van der Waals surface area (Å²) in [6.45, 7) is 1.70. The highest BCUT2D eigenvalue weighted by molar-refractivity contribution is 5.94. The fourth-order valence-electron chi connectivity index (χ4n) is 6.19. The fourth-order valence-corrected chi connectivity index (χ4v) is 6.19. The van der Waals surface area contributed by atoms with Gasteiger partial charge < -0.3 is 31.1 Å². The molecule has 3 aromatic rings. The van der Waals surface area contributed by atoms with E-state index >= 15 is 0 Å². The van der Waals surface area contributed by atoms with Crippen LogP contribution in [0.1, 0.15) is 42.9 Å². The molecule has 3 aliphatic heterocycles. The Hall–Kier alpha value is -4.39. The minimum absolute atomic E-state index is 0.0398. The van der Waals surface area contributed by atoms with Gasteiger partial charge in [0.25, 0.3) is 0 Å². The van der Waals surface area contributed by atoms with E-state index in [4.69, 9.17) is 10.5 Å². The number of aromatic nitrogens is 2. The minimum atomic E-state index is -4.74. The quantitative estimate of drug-likeness (QED) is 0.327. The van der Waals surface area contributed by atoms with E-state index in [2.05, 4.69) is 20.6 Å². The fraction of sp³-hybridized carbons (Fsp3) is 0.400. The van der Waals surface area contributed by atoms with Crippen LogP contribution >= 0.6 is 0 Å². The minimum Gasteiger partial charge on any atom is -0.480 e. The molecule has 1 amide bonds. The first-order valence-electron chi connectivity index (χ1n) is 14.1. The molecule has 2 atom stereocenters. The van der Waals surface area contributed by atoms with Gasteiger partial charge in [-0.2, -0.15) is 23.1 Å². The van der Waals surface area contributed by atoms with Crippen molar-refractivity contribution in [2.24, 2.45) is 5.41 Å². The summed E-state index contributed by atoms with van der Waals surface area (Å²) >= 11 is 0. The zero-order chi connectivity index (χ0) is 30.4. The van der Waals surface area contributed by atoms with Crippen molar-refractivity contribution >= 4 is 29.3 Å². The van der Waals surface area contributed by atoms with E-state index in [1.165, 1.54) is 18.2 Å². The summed E-state index contributed by atoms with van der Waals surface area (Å²) < 4.78 is 48.2. The number of halogens is 3. The second-order valence-corrected chi connectivity index (χ2v) is 11.5. The number of carbonyl (C=O) groups is 2. The van der Waals surface area contributed by atoms with E-state index in [0.29, 0.717) is 57.6 Å². The van der Waals surface area contributed by atoms with Crippen LogP contribution in [0.25, 0.3) is 11.1 Å². The summed E-state index contributed by atoms with van der Waals surface area (Å²) in [5.41, 5.74) is 8.93. The molecule has 13 heteroatoms. The normalized spacial score (nSPS) is 20.4. The number of ether oxygens (including phenoxy) is 1. The number of fused-ring (bicyclic) bond motifs is 1. The highest BCUT2D eigenvalue weighted by Crippen LogP contribution is 2.42. The maximum atomic E-state index is 14.3. The molecule has 43 heavy (non-hydrogen) atoms. The number of benzene rings is 2. The number of aliphatic carboxylic acids is 1. The maximum absolute atomic E-state index is 14.3. The average molecular weight is 597 g/mol. The summed E-state index contributed by atoms with van der Waals surface area (Å²) in [7, 11) is 0. The highest BCUT2D eigenvalue weighted by atomic mass is 19.4. The van der Waals surface area contributed by atoms with E-state index in [-0.39, 0.29) is 28.7 Å². The van der Waals surface area contributed by atoms with Crippen molar-refractivity contribution in [1.82, 2.24) is 15.3 Å². The molecular formula is C30H31F3N6O4. The summed E-state index contributed by atoms with van der Waals surface area (Å²) in [5.74, 6) is -1.05. The largest absolute Gasteiger partial charge is 0.480 e. The van der Waals surface area contributed by atoms with Gasteiger partial charge in [-0.25, -0.2) is 0 Å². The van der Waals surface area contributed by atoms with Crippen molar-refractivity contribution in [2.45, 2.75) is 50.4 Å². The van der Waals surface area contributed by atoms with Crippen LogP contribution in [0.15, 0.2) is 48.5 Å². The molecule has 5 N–H and O–H groups in total. The summed E-state index contributed by atoms with van der Waals surface area (Å²) in [5, 5.41) is 15.2. The molecule has 2 aromatic carbocycles. The van der Waals surface area contributed by atoms with Crippen LogP contribution in [0.2, 0.25) is 0 Å². The molecule has 1 aromatic heterocycles. The number of anilines is 3. The monoisotopic (exact) mass is 596 g/mol. The van der Waals surface area contributed by atoms with Crippen molar-refractivity contribution in [3.63, 3.8) is 0 Å².